The number of nitrogens with two attached hydrogens (primary N) is 1. The number of phosphoric acid groups is 1. The first-order chi connectivity index (χ1) is 27.1. The highest BCUT2D eigenvalue weighted by atomic mass is 31.2. The van der Waals surface area contributed by atoms with Crippen LogP contribution < -0.4 is 5.73 Å². The first kappa shape index (κ1) is 53.7. The Hall–Kier alpha value is -2.30. The molecule has 0 rings (SSSR count). The molecule has 0 saturated heterocycles. The summed E-state index contributed by atoms with van der Waals surface area (Å²) in [7, 11) is -4.72. The maximum Gasteiger partial charge on any atom is 0.472 e. The van der Waals surface area contributed by atoms with Gasteiger partial charge in [-0.15, -0.1) is 0 Å². The Balaban J connectivity index is 4.35. The maximum absolute atomic E-state index is 12.6. The number of carbonyl (C=O) groups excluding carboxylic acids is 2. The van der Waals surface area contributed by atoms with Gasteiger partial charge >= 0.3 is 25.7 Å². The number of hydrogen-bond donors (Lipinski definition) is 3. The molecule has 4 N–H and O–H groups in total. The molecule has 0 aromatic heterocycles. The average Bonchev–Trinajstić information content (AvgIpc) is 3.17. The van der Waals surface area contributed by atoms with E-state index in [1.165, 1.54) is 77.0 Å². The van der Waals surface area contributed by atoms with E-state index in [4.69, 9.17) is 24.8 Å². The smallest absolute Gasteiger partial charge is 0.472 e. The van der Waals surface area contributed by atoms with Crippen LogP contribution in [0.5, 0.6) is 0 Å². The van der Waals surface area contributed by atoms with Crippen LogP contribution in [0.15, 0.2) is 36.5 Å². The molecule has 0 radical (unpaired) electrons. The van der Waals surface area contributed by atoms with Gasteiger partial charge in [-0.25, -0.2) is 4.57 Å². The minimum atomic E-state index is -4.72. The summed E-state index contributed by atoms with van der Waals surface area (Å²) < 4.78 is 32.7. The maximum atomic E-state index is 12.6. The lowest BCUT2D eigenvalue weighted by molar-refractivity contribution is -0.161. The number of aliphatic carboxylic acids is 1. The molecular formula is C44H80NO10P. The van der Waals surface area contributed by atoms with E-state index in [1.54, 1.807) is 0 Å². The van der Waals surface area contributed by atoms with Crippen LogP contribution >= 0.6 is 7.82 Å². The van der Waals surface area contributed by atoms with E-state index in [0.717, 1.165) is 77.0 Å². The molecule has 11 nitrogen and oxygen atoms in total. The lowest BCUT2D eigenvalue weighted by Crippen LogP contribution is -2.34. The molecule has 0 aromatic rings. The van der Waals surface area contributed by atoms with Gasteiger partial charge in [0.1, 0.15) is 12.6 Å². The van der Waals surface area contributed by atoms with Crippen molar-refractivity contribution in [2.75, 3.05) is 19.8 Å². The van der Waals surface area contributed by atoms with E-state index in [0.29, 0.717) is 12.8 Å². The Kier molecular flexibility index (Phi) is 37.9. The molecule has 0 saturated carbocycles. The number of phosphoric ester groups is 1. The second-order valence-electron chi connectivity index (χ2n) is 14.8. The molecule has 0 amide bonds. The van der Waals surface area contributed by atoms with E-state index in [9.17, 15) is 23.8 Å². The molecule has 0 aliphatic heterocycles. The lowest BCUT2D eigenvalue weighted by Gasteiger charge is -2.20. The number of hydrogen-bond acceptors (Lipinski definition) is 9. The lowest BCUT2D eigenvalue weighted by atomic mass is 10.0. The standard InChI is InChI=1S/C44H80NO10P/c1-3-5-7-9-11-13-15-17-19-20-22-24-26-28-30-32-34-36-43(47)55-40(38-53-56(50,51)54-39-41(45)44(48)49)37-52-42(46)35-33-31-29-27-25-23-21-18-16-14-12-10-8-6-4-2/h5,7,11,13,17,19,40-41H,3-4,6,8-10,12,14-16,18,20-39,45H2,1-2H3,(H,48,49)(H,50,51)/b7-5-,13-11-,19-17-. The number of carboxylic acids is 1. The second kappa shape index (κ2) is 39.5. The summed E-state index contributed by atoms with van der Waals surface area (Å²) in [6, 6.07) is -1.52. The van der Waals surface area contributed by atoms with Gasteiger partial charge in [0, 0.05) is 12.8 Å². The van der Waals surface area contributed by atoms with E-state index < -0.39 is 51.1 Å². The van der Waals surface area contributed by atoms with Crippen molar-refractivity contribution in [2.45, 2.75) is 206 Å². The Labute approximate surface area is 340 Å². The van der Waals surface area contributed by atoms with Crippen LogP contribution in [0, 0.1) is 0 Å². The third-order valence-corrected chi connectivity index (χ3v) is 10.4. The molecule has 0 aliphatic carbocycles. The zero-order chi connectivity index (χ0) is 41.4. The zero-order valence-corrected chi connectivity index (χ0v) is 36.1. The largest absolute Gasteiger partial charge is 0.480 e. The predicted octanol–water partition coefficient (Wildman–Crippen LogP) is 11.6. The first-order valence-electron chi connectivity index (χ1n) is 22.0. The zero-order valence-electron chi connectivity index (χ0n) is 35.2. The van der Waals surface area contributed by atoms with Crippen LogP contribution in [0.25, 0.3) is 0 Å². The van der Waals surface area contributed by atoms with Gasteiger partial charge in [0.15, 0.2) is 6.10 Å². The van der Waals surface area contributed by atoms with E-state index in [2.05, 4.69) is 54.8 Å². The van der Waals surface area contributed by atoms with Gasteiger partial charge < -0.3 is 25.2 Å². The summed E-state index contributed by atoms with van der Waals surface area (Å²) in [6.07, 6.45) is 42.0. The van der Waals surface area contributed by atoms with Crippen LogP contribution in [0.2, 0.25) is 0 Å². The number of esters is 2. The van der Waals surface area contributed by atoms with Crippen molar-refractivity contribution >= 4 is 25.7 Å². The second-order valence-corrected chi connectivity index (χ2v) is 16.3. The van der Waals surface area contributed by atoms with Crippen molar-refractivity contribution in [2.24, 2.45) is 5.73 Å². The molecule has 0 bridgehead atoms. The minimum Gasteiger partial charge on any atom is -0.480 e. The fourth-order valence-electron chi connectivity index (χ4n) is 5.96. The molecule has 12 heteroatoms. The molecule has 0 heterocycles. The summed E-state index contributed by atoms with van der Waals surface area (Å²) in [6.45, 7) is 2.69. The van der Waals surface area contributed by atoms with Crippen molar-refractivity contribution in [3.8, 4) is 0 Å². The van der Waals surface area contributed by atoms with Crippen molar-refractivity contribution in [1.82, 2.24) is 0 Å². The topological polar surface area (TPSA) is 172 Å². The minimum absolute atomic E-state index is 0.151. The van der Waals surface area contributed by atoms with Crippen molar-refractivity contribution < 1.29 is 47.5 Å². The molecule has 56 heavy (non-hydrogen) atoms. The number of carbonyl (C=O) groups is 3. The van der Waals surface area contributed by atoms with Crippen LogP contribution in [0.3, 0.4) is 0 Å². The van der Waals surface area contributed by atoms with E-state index in [-0.39, 0.29) is 19.4 Å². The molecular weight excluding hydrogens is 733 g/mol. The van der Waals surface area contributed by atoms with E-state index in [1.807, 2.05) is 0 Å². The molecule has 0 aromatic carbocycles. The van der Waals surface area contributed by atoms with Gasteiger partial charge in [0.05, 0.1) is 13.2 Å². The van der Waals surface area contributed by atoms with Gasteiger partial charge in [-0.2, -0.15) is 0 Å². The Morgan fingerprint density at radius 1 is 0.571 bits per heavy atom. The first-order valence-corrected chi connectivity index (χ1v) is 23.5. The third-order valence-electron chi connectivity index (χ3n) is 9.40. The summed E-state index contributed by atoms with van der Waals surface area (Å²) >= 11 is 0. The number of carboxylic acid groups (broad SMARTS) is 1. The van der Waals surface area contributed by atoms with Gasteiger partial charge in [-0.05, 0) is 44.9 Å². The summed E-state index contributed by atoms with van der Waals surface area (Å²) in [4.78, 5) is 46.0. The molecule has 3 atom stereocenters. The Morgan fingerprint density at radius 2 is 1.00 bits per heavy atom. The van der Waals surface area contributed by atoms with Crippen molar-refractivity contribution in [3.63, 3.8) is 0 Å². The molecule has 0 spiro atoms. The van der Waals surface area contributed by atoms with Gasteiger partial charge in [0.2, 0.25) is 0 Å². The van der Waals surface area contributed by atoms with Crippen molar-refractivity contribution in [1.29, 1.82) is 0 Å². The van der Waals surface area contributed by atoms with Gasteiger partial charge in [-0.3, -0.25) is 23.4 Å². The highest BCUT2D eigenvalue weighted by molar-refractivity contribution is 7.47. The monoisotopic (exact) mass is 814 g/mol. The summed E-state index contributed by atoms with van der Waals surface area (Å²) in [5, 5.41) is 8.89. The normalized spacial score (nSPS) is 14.1. The van der Waals surface area contributed by atoms with E-state index >= 15 is 0 Å². The summed E-state index contributed by atoms with van der Waals surface area (Å²) in [5.74, 6) is -2.38. The summed E-state index contributed by atoms with van der Waals surface area (Å²) in [5.41, 5.74) is 5.33. The highest BCUT2D eigenvalue weighted by Gasteiger charge is 2.28. The predicted molar refractivity (Wildman–Crippen MR) is 226 cm³/mol. The van der Waals surface area contributed by atoms with Crippen molar-refractivity contribution in [3.05, 3.63) is 36.5 Å². The Bertz CT molecular complexity index is 1100. The van der Waals surface area contributed by atoms with Gasteiger partial charge in [0.25, 0.3) is 0 Å². The number of allylic oxidation sites excluding steroid dienone is 6. The fourth-order valence-corrected chi connectivity index (χ4v) is 6.74. The van der Waals surface area contributed by atoms with Crippen LogP contribution in [-0.2, 0) is 37.5 Å². The quantitative estimate of drug-likeness (QED) is 0.0232. The Morgan fingerprint density at radius 3 is 1.50 bits per heavy atom. The number of rotatable bonds is 41. The molecule has 3 unspecified atom stereocenters. The highest BCUT2D eigenvalue weighted by Crippen LogP contribution is 2.43. The number of unbranched alkanes of at least 4 members (excludes halogenated alkanes) is 21. The molecule has 326 valence electrons. The SMILES string of the molecule is CC/C=C\C/C=C\C/C=C\CCCCCCCCCC(=O)OC(COC(=O)CCCCCCCCCCCCCCCCC)COP(=O)(O)OCC(N)C(=O)O. The third kappa shape index (κ3) is 38.6. The average molecular weight is 814 g/mol. The van der Waals surface area contributed by atoms with Crippen LogP contribution in [-0.4, -0.2) is 59.9 Å². The van der Waals surface area contributed by atoms with Crippen LogP contribution in [0.4, 0.5) is 0 Å². The van der Waals surface area contributed by atoms with Gasteiger partial charge in [-0.1, -0.05) is 172 Å². The number of ether oxygens (including phenoxy) is 2. The molecule has 0 fully saturated rings. The van der Waals surface area contributed by atoms with Crippen LogP contribution in [0.1, 0.15) is 194 Å². The fraction of sp³-hybridized carbons (Fsp3) is 0.795. The molecule has 0 aliphatic rings.